The van der Waals surface area contributed by atoms with Crippen LogP contribution in [0.25, 0.3) is 10.9 Å². The number of fused-ring (bicyclic) bond motifs is 5. The van der Waals surface area contributed by atoms with Gasteiger partial charge in [-0.15, -0.1) is 0 Å². The standard InChI is InChI=1S/C20H21BrF2N4O3/c1-20(2,3)30-19(28)27-9-4-5-11(27)12-8-29-13-6-10(21)15(22)16-14(13)17(26(12)7-9)25-18(23)24-16/h6,9,11-12H,4-5,7-8H2,1-3H3/t9-,11+,12+/m0/s1. The van der Waals surface area contributed by atoms with Crippen molar-refractivity contribution in [2.45, 2.75) is 57.3 Å². The number of amides is 1. The third kappa shape index (κ3) is 2.99. The minimum atomic E-state index is -0.997. The van der Waals surface area contributed by atoms with E-state index in [1.165, 1.54) is 6.07 Å². The van der Waals surface area contributed by atoms with Crippen LogP contribution < -0.4 is 9.64 Å². The molecule has 0 radical (unpaired) electrons. The minimum absolute atomic E-state index is 0.101. The maximum Gasteiger partial charge on any atom is 0.410 e. The molecule has 10 heteroatoms. The van der Waals surface area contributed by atoms with Crippen LogP contribution in [0.3, 0.4) is 0 Å². The second-order valence-electron chi connectivity index (χ2n) is 8.93. The van der Waals surface area contributed by atoms with Crippen molar-refractivity contribution in [3.63, 3.8) is 0 Å². The highest BCUT2D eigenvalue weighted by Gasteiger charge is 2.51. The number of hydrogen-bond acceptors (Lipinski definition) is 6. The highest BCUT2D eigenvalue weighted by Crippen LogP contribution is 2.44. The van der Waals surface area contributed by atoms with E-state index in [-0.39, 0.29) is 40.8 Å². The highest BCUT2D eigenvalue weighted by atomic mass is 79.9. The molecule has 7 nitrogen and oxygen atoms in total. The topological polar surface area (TPSA) is 67.8 Å². The van der Waals surface area contributed by atoms with E-state index in [9.17, 15) is 13.6 Å². The summed E-state index contributed by atoms with van der Waals surface area (Å²) in [7, 11) is 0. The van der Waals surface area contributed by atoms with Crippen LogP contribution in [0.2, 0.25) is 0 Å². The Balaban J connectivity index is 1.59. The van der Waals surface area contributed by atoms with E-state index in [1.54, 1.807) is 4.90 Å². The van der Waals surface area contributed by atoms with Gasteiger partial charge in [0.2, 0.25) is 0 Å². The van der Waals surface area contributed by atoms with Crippen LogP contribution in [0, 0.1) is 11.9 Å². The Bertz CT molecular complexity index is 1060. The monoisotopic (exact) mass is 482 g/mol. The molecule has 0 spiro atoms. The van der Waals surface area contributed by atoms with Crippen LogP contribution in [0.4, 0.5) is 19.4 Å². The Kier molecular flexibility index (Phi) is 4.36. The largest absolute Gasteiger partial charge is 0.490 e. The molecule has 1 amide bonds. The predicted octanol–water partition coefficient (Wildman–Crippen LogP) is 4.02. The Morgan fingerprint density at radius 1 is 1.27 bits per heavy atom. The molecule has 160 valence electrons. The van der Waals surface area contributed by atoms with Crippen LogP contribution in [-0.4, -0.2) is 57.8 Å². The van der Waals surface area contributed by atoms with Gasteiger partial charge in [0.05, 0.1) is 28.0 Å². The van der Waals surface area contributed by atoms with Gasteiger partial charge in [-0.25, -0.2) is 9.18 Å². The molecule has 0 aliphatic carbocycles. The third-order valence-electron chi connectivity index (χ3n) is 5.87. The van der Waals surface area contributed by atoms with Crippen molar-refractivity contribution in [2.75, 3.05) is 18.1 Å². The zero-order valence-corrected chi connectivity index (χ0v) is 18.4. The number of benzene rings is 1. The Morgan fingerprint density at radius 3 is 2.77 bits per heavy atom. The summed E-state index contributed by atoms with van der Waals surface area (Å²) in [6.45, 7) is 6.19. The molecule has 3 aliphatic rings. The van der Waals surface area contributed by atoms with Crippen LogP contribution in [-0.2, 0) is 4.74 Å². The number of piperazine rings is 1. The van der Waals surface area contributed by atoms with E-state index >= 15 is 0 Å². The maximum absolute atomic E-state index is 14.7. The molecule has 0 unspecified atom stereocenters. The SMILES string of the molecule is CC(C)(C)OC(=O)N1[C@H]2CC[C@@H]1[C@H]1COc3cc(Br)c(F)c4nc(F)nc(c34)N1C2. The van der Waals surface area contributed by atoms with Gasteiger partial charge >= 0.3 is 12.2 Å². The highest BCUT2D eigenvalue weighted by molar-refractivity contribution is 9.10. The second kappa shape index (κ2) is 6.63. The summed E-state index contributed by atoms with van der Waals surface area (Å²) in [5, 5.41) is 0.352. The molecular formula is C20H21BrF2N4O3. The summed E-state index contributed by atoms with van der Waals surface area (Å²) < 4.78 is 40.8. The summed E-state index contributed by atoms with van der Waals surface area (Å²) in [6.07, 6.45) is 0.224. The number of carbonyl (C=O) groups excluding carboxylic acids is 1. The molecule has 5 rings (SSSR count). The average molecular weight is 483 g/mol. The Labute approximate surface area is 180 Å². The van der Waals surface area contributed by atoms with Crippen molar-refractivity contribution >= 4 is 38.7 Å². The first-order chi connectivity index (χ1) is 14.1. The lowest BCUT2D eigenvalue weighted by atomic mass is 10.0. The minimum Gasteiger partial charge on any atom is -0.490 e. The maximum atomic E-state index is 14.7. The van der Waals surface area contributed by atoms with Gasteiger partial charge in [0.1, 0.15) is 29.3 Å². The average Bonchev–Trinajstić information content (AvgIpc) is 2.89. The van der Waals surface area contributed by atoms with Crippen molar-refractivity contribution in [3.05, 3.63) is 22.4 Å². The van der Waals surface area contributed by atoms with Gasteiger partial charge in [-0.1, -0.05) is 0 Å². The quantitative estimate of drug-likeness (QED) is 0.528. The summed E-state index contributed by atoms with van der Waals surface area (Å²) in [6, 6.07) is 0.985. The Morgan fingerprint density at radius 2 is 2.03 bits per heavy atom. The summed E-state index contributed by atoms with van der Waals surface area (Å²) in [4.78, 5) is 24.3. The van der Waals surface area contributed by atoms with Crippen molar-refractivity contribution in [1.29, 1.82) is 0 Å². The molecule has 2 fully saturated rings. The lowest BCUT2D eigenvalue weighted by Crippen LogP contribution is -2.63. The number of rotatable bonds is 0. The molecule has 2 aromatic rings. The van der Waals surface area contributed by atoms with Crippen molar-refractivity contribution in [3.8, 4) is 5.75 Å². The van der Waals surface area contributed by atoms with E-state index in [0.29, 0.717) is 23.5 Å². The predicted molar refractivity (Wildman–Crippen MR) is 109 cm³/mol. The van der Waals surface area contributed by atoms with E-state index in [1.807, 2.05) is 25.7 Å². The number of nitrogens with zero attached hydrogens (tertiary/aromatic N) is 4. The van der Waals surface area contributed by atoms with Gasteiger partial charge < -0.3 is 14.4 Å². The van der Waals surface area contributed by atoms with E-state index in [0.717, 1.165) is 12.8 Å². The van der Waals surface area contributed by atoms with Crippen LogP contribution >= 0.6 is 15.9 Å². The molecule has 1 aromatic carbocycles. The normalized spacial score (nSPS) is 25.1. The van der Waals surface area contributed by atoms with Gasteiger partial charge in [-0.05, 0) is 55.6 Å². The molecule has 3 aliphatic heterocycles. The van der Waals surface area contributed by atoms with Crippen molar-refractivity contribution in [2.24, 2.45) is 0 Å². The van der Waals surface area contributed by atoms with Crippen LogP contribution in [0.5, 0.6) is 5.75 Å². The summed E-state index contributed by atoms with van der Waals surface area (Å²) >= 11 is 3.15. The fourth-order valence-electron chi connectivity index (χ4n) is 4.75. The van der Waals surface area contributed by atoms with Crippen LogP contribution in [0.1, 0.15) is 33.6 Å². The molecule has 0 N–H and O–H groups in total. The molecule has 4 heterocycles. The first-order valence-electron chi connectivity index (χ1n) is 9.90. The molecule has 30 heavy (non-hydrogen) atoms. The smallest absolute Gasteiger partial charge is 0.410 e. The second-order valence-corrected chi connectivity index (χ2v) is 9.78. The zero-order chi connectivity index (χ0) is 21.4. The first kappa shape index (κ1) is 19.7. The molecule has 1 aromatic heterocycles. The summed E-state index contributed by atoms with van der Waals surface area (Å²) in [5.41, 5.74) is -0.722. The molecular weight excluding hydrogens is 462 g/mol. The zero-order valence-electron chi connectivity index (χ0n) is 16.8. The van der Waals surface area contributed by atoms with Gasteiger partial charge in [-0.3, -0.25) is 4.90 Å². The molecule has 0 saturated carbocycles. The van der Waals surface area contributed by atoms with Gasteiger partial charge in [0.25, 0.3) is 0 Å². The lowest BCUT2D eigenvalue weighted by molar-refractivity contribution is 0.00545. The Hall–Kier alpha value is -2.23. The van der Waals surface area contributed by atoms with Gasteiger partial charge in [0, 0.05) is 6.54 Å². The van der Waals surface area contributed by atoms with E-state index in [2.05, 4.69) is 25.9 Å². The third-order valence-corrected chi connectivity index (χ3v) is 6.45. The summed E-state index contributed by atoms with van der Waals surface area (Å²) in [5.74, 6) is 0.0400. The number of anilines is 1. The first-order valence-corrected chi connectivity index (χ1v) is 10.7. The van der Waals surface area contributed by atoms with Crippen molar-refractivity contribution < 1.29 is 23.0 Å². The fraction of sp³-hybridized carbons (Fsp3) is 0.550. The van der Waals surface area contributed by atoms with Crippen LogP contribution in [0.15, 0.2) is 10.5 Å². The molecule has 3 atom stereocenters. The van der Waals surface area contributed by atoms with Gasteiger partial charge in [0.15, 0.2) is 5.82 Å². The number of halogens is 3. The fourth-order valence-corrected chi connectivity index (χ4v) is 5.15. The number of carbonyl (C=O) groups is 1. The van der Waals surface area contributed by atoms with Crippen molar-refractivity contribution in [1.82, 2.24) is 14.9 Å². The van der Waals surface area contributed by atoms with E-state index < -0.39 is 17.5 Å². The van der Waals surface area contributed by atoms with E-state index in [4.69, 9.17) is 9.47 Å². The number of ether oxygens (including phenoxy) is 2. The number of hydrogen-bond donors (Lipinski definition) is 0. The number of aromatic nitrogens is 2. The lowest BCUT2D eigenvalue weighted by Gasteiger charge is -2.46. The van der Waals surface area contributed by atoms with Gasteiger partial charge in [-0.2, -0.15) is 14.4 Å². The molecule has 2 bridgehead atoms. The molecule has 2 saturated heterocycles.